The topological polar surface area (TPSA) is 72.0 Å². The van der Waals surface area contributed by atoms with Gasteiger partial charge < -0.3 is 9.72 Å². The summed E-state index contributed by atoms with van der Waals surface area (Å²) in [6.45, 7) is 1.57. The quantitative estimate of drug-likeness (QED) is 0.626. The first-order valence-electron chi connectivity index (χ1n) is 3.29. The molecule has 0 atom stereocenters. The van der Waals surface area contributed by atoms with Crippen molar-refractivity contribution < 1.29 is 9.53 Å². The second kappa shape index (κ2) is 3.17. The monoisotopic (exact) mass is 168 g/mol. The number of hydrogen-bond acceptors (Lipinski definition) is 4. The van der Waals surface area contributed by atoms with Crippen molar-refractivity contribution in [2.24, 2.45) is 0 Å². The van der Waals surface area contributed by atoms with Crippen LogP contribution in [0.25, 0.3) is 0 Å². The van der Waals surface area contributed by atoms with Crippen LogP contribution in [0.15, 0.2) is 4.79 Å². The molecule has 0 saturated heterocycles. The third-order valence-electron chi connectivity index (χ3n) is 1.43. The lowest BCUT2D eigenvalue weighted by atomic mass is 10.3. The molecule has 1 aromatic rings. The van der Waals surface area contributed by atoms with Crippen LogP contribution in [0, 0.1) is 6.92 Å². The number of nitrogens with zero attached hydrogens (tertiary/aromatic N) is 1. The molecule has 0 fully saturated rings. The average molecular weight is 168 g/mol. The van der Waals surface area contributed by atoms with Gasteiger partial charge in [0.25, 0.3) is 5.56 Å². The first kappa shape index (κ1) is 8.45. The Morgan fingerprint density at radius 3 is 2.75 bits per heavy atom. The highest BCUT2D eigenvalue weighted by Crippen LogP contribution is 2.06. The minimum Gasteiger partial charge on any atom is -0.481 e. The summed E-state index contributed by atoms with van der Waals surface area (Å²) in [5, 5.41) is 0. The van der Waals surface area contributed by atoms with Crippen LogP contribution in [-0.2, 0) is 0 Å². The summed E-state index contributed by atoms with van der Waals surface area (Å²) in [7, 11) is 1.39. The number of ether oxygens (including phenoxy) is 1. The number of hydrogen-bond donors (Lipinski definition) is 1. The van der Waals surface area contributed by atoms with Crippen molar-refractivity contribution in [3.8, 4) is 5.88 Å². The SMILES string of the molecule is COc1nc(C=O)[nH]c(=O)c1C. The summed E-state index contributed by atoms with van der Waals surface area (Å²) < 4.78 is 4.78. The Morgan fingerprint density at radius 1 is 1.58 bits per heavy atom. The van der Waals surface area contributed by atoms with Crippen LogP contribution in [0.3, 0.4) is 0 Å². The second-order valence-electron chi connectivity index (χ2n) is 2.20. The molecule has 0 saturated carbocycles. The Bertz CT molecular complexity index is 356. The van der Waals surface area contributed by atoms with Gasteiger partial charge >= 0.3 is 0 Å². The molecule has 12 heavy (non-hydrogen) atoms. The van der Waals surface area contributed by atoms with Gasteiger partial charge in [-0.1, -0.05) is 0 Å². The van der Waals surface area contributed by atoms with Gasteiger partial charge in [0.1, 0.15) is 0 Å². The van der Waals surface area contributed by atoms with Crippen molar-refractivity contribution in [2.45, 2.75) is 6.92 Å². The second-order valence-corrected chi connectivity index (χ2v) is 2.20. The van der Waals surface area contributed by atoms with E-state index in [1.165, 1.54) is 7.11 Å². The van der Waals surface area contributed by atoms with Crippen molar-refractivity contribution >= 4 is 6.29 Å². The maximum absolute atomic E-state index is 11.0. The van der Waals surface area contributed by atoms with Crippen LogP contribution >= 0.6 is 0 Å². The van der Waals surface area contributed by atoms with Gasteiger partial charge in [0.15, 0.2) is 12.1 Å². The van der Waals surface area contributed by atoms with Crippen LogP contribution in [0.1, 0.15) is 16.2 Å². The molecule has 0 unspecified atom stereocenters. The molecule has 64 valence electrons. The summed E-state index contributed by atoms with van der Waals surface area (Å²) in [6.07, 6.45) is 0.462. The fourth-order valence-electron chi connectivity index (χ4n) is 0.783. The van der Waals surface area contributed by atoms with E-state index in [-0.39, 0.29) is 17.3 Å². The van der Waals surface area contributed by atoms with Gasteiger partial charge in [0.05, 0.1) is 12.7 Å². The normalized spacial score (nSPS) is 9.50. The first-order chi connectivity index (χ1) is 5.69. The maximum Gasteiger partial charge on any atom is 0.257 e. The Balaban J connectivity index is 3.38. The van der Waals surface area contributed by atoms with Crippen LogP contribution in [0.4, 0.5) is 0 Å². The summed E-state index contributed by atoms with van der Waals surface area (Å²) >= 11 is 0. The van der Waals surface area contributed by atoms with Gasteiger partial charge in [-0.05, 0) is 6.92 Å². The fraction of sp³-hybridized carbons (Fsp3) is 0.286. The lowest BCUT2D eigenvalue weighted by molar-refractivity contribution is 0.111. The van der Waals surface area contributed by atoms with E-state index >= 15 is 0 Å². The zero-order valence-electron chi connectivity index (χ0n) is 6.75. The molecule has 5 heteroatoms. The highest BCUT2D eigenvalue weighted by molar-refractivity contribution is 5.68. The van der Waals surface area contributed by atoms with E-state index in [2.05, 4.69) is 9.97 Å². The number of aromatic amines is 1. The molecular formula is C7H8N2O3. The van der Waals surface area contributed by atoms with Gasteiger partial charge in [-0.15, -0.1) is 0 Å². The number of aromatic nitrogens is 2. The third kappa shape index (κ3) is 1.34. The van der Waals surface area contributed by atoms with Gasteiger partial charge in [-0.25, -0.2) is 0 Å². The van der Waals surface area contributed by atoms with Crippen molar-refractivity contribution in [3.63, 3.8) is 0 Å². The van der Waals surface area contributed by atoms with E-state index in [1.807, 2.05) is 0 Å². The summed E-state index contributed by atoms with van der Waals surface area (Å²) in [6, 6.07) is 0. The first-order valence-corrected chi connectivity index (χ1v) is 3.29. The number of carbonyl (C=O) groups is 1. The standard InChI is InChI=1S/C7H8N2O3/c1-4-6(11)8-5(3-10)9-7(4)12-2/h3H,1-2H3,(H,8,9,11). The van der Waals surface area contributed by atoms with Crippen LogP contribution < -0.4 is 10.3 Å². The molecule has 0 bridgehead atoms. The van der Waals surface area contributed by atoms with Crippen LogP contribution in [0.5, 0.6) is 5.88 Å². The summed E-state index contributed by atoms with van der Waals surface area (Å²) in [4.78, 5) is 27.3. The molecule has 0 spiro atoms. The number of rotatable bonds is 2. The van der Waals surface area contributed by atoms with Crippen molar-refractivity contribution in [2.75, 3.05) is 7.11 Å². The zero-order chi connectivity index (χ0) is 9.14. The lowest BCUT2D eigenvalue weighted by Crippen LogP contribution is -2.15. The minimum atomic E-state index is -0.357. The van der Waals surface area contributed by atoms with Gasteiger partial charge in [0.2, 0.25) is 5.88 Å². The molecule has 0 aliphatic carbocycles. The molecule has 1 N–H and O–H groups in total. The molecule has 0 amide bonds. The highest BCUT2D eigenvalue weighted by atomic mass is 16.5. The van der Waals surface area contributed by atoms with Crippen LogP contribution in [-0.4, -0.2) is 23.4 Å². The van der Waals surface area contributed by atoms with E-state index in [0.29, 0.717) is 11.8 Å². The summed E-state index contributed by atoms with van der Waals surface area (Å²) in [5.41, 5.74) is 0.00653. The zero-order valence-corrected chi connectivity index (χ0v) is 6.75. The van der Waals surface area contributed by atoms with E-state index in [4.69, 9.17) is 4.74 Å². The van der Waals surface area contributed by atoms with Crippen molar-refractivity contribution in [3.05, 3.63) is 21.7 Å². The van der Waals surface area contributed by atoms with Crippen LogP contribution in [0.2, 0.25) is 0 Å². The molecule has 0 aromatic carbocycles. The maximum atomic E-state index is 11.0. The highest BCUT2D eigenvalue weighted by Gasteiger charge is 2.05. The average Bonchev–Trinajstić information content (AvgIpc) is 2.09. The minimum absolute atomic E-state index is 0.0255. The lowest BCUT2D eigenvalue weighted by Gasteiger charge is -2.01. The van der Waals surface area contributed by atoms with Crippen molar-refractivity contribution in [1.82, 2.24) is 9.97 Å². The molecule has 1 aromatic heterocycles. The Morgan fingerprint density at radius 2 is 2.25 bits per heavy atom. The molecular weight excluding hydrogens is 160 g/mol. The predicted octanol–water partition coefficient (Wildman–Crippen LogP) is -0.101. The number of carbonyl (C=O) groups excluding carboxylic acids is 1. The molecule has 0 aliphatic heterocycles. The predicted molar refractivity (Wildman–Crippen MR) is 41.5 cm³/mol. The Labute approximate surface area is 68.4 Å². The number of aldehydes is 1. The number of nitrogens with one attached hydrogen (secondary N) is 1. The van der Waals surface area contributed by atoms with Crippen molar-refractivity contribution in [1.29, 1.82) is 0 Å². The van der Waals surface area contributed by atoms with E-state index in [9.17, 15) is 9.59 Å². The van der Waals surface area contributed by atoms with E-state index in [1.54, 1.807) is 6.92 Å². The van der Waals surface area contributed by atoms with Gasteiger partial charge in [-0.2, -0.15) is 4.98 Å². The Kier molecular flexibility index (Phi) is 2.23. The molecule has 5 nitrogen and oxygen atoms in total. The van der Waals surface area contributed by atoms with E-state index in [0.717, 1.165) is 0 Å². The fourth-order valence-corrected chi connectivity index (χ4v) is 0.783. The largest absolute Gasteiger partial charge is 0.481 e. The third-order valence-corrected chi connectivity index (χ3v) is 1.43. The summed E-state index contributed by atoms with van der Waals surface area (Å²) in [5.74, 6) is 0.156. The number of H-pyrrole nitrogens is 1. The van der Waals surface area contributed by atoms with E-state index < -0.39 is 0 Å². The Hall–Kier alpha value is -1.65. The van der Waals surface area contributed by atoms with Gasteiger partial charge in [0, 0.05) is 0 Å². The molecule has 1 rings (SSSR count). The number of methoxy groups -OCH3 is 1. The molecule has 0 aliphatic rings. The van der Waals surface area contributed by atoms with Gasteiger partial charge in [-0.3, -0.25) is 9.59 Å². The molecule has 0 radical (unpaired) electrons. The molecule has 1 heterocycles. The smallest absolute Gasteiger partial charge is 0.257 e.